The van der Waals surface area contributed by atoms with Gasteiger partial charge in [0.1, 0.15) is 0 Å². The first-order valence-electron chi connectivity index (χ1n) is 9.79. The van der Waals surface area contributed by atoms with Gasteiger partial charge in [-0.3, -0.25) is 4.79 Å². The minimum atomic E-state index is 0.283. The number of amides is 1. The Hall–Kier alpha value is -0.610. The summed E-state index contributed by atoms with van der Waals surface area (Å²) in [5, 5.41) is 0. The van der Waals surface area contributed by atoms with E-state index in [9.17, 15) is 4.79 Å². The molecule has 1 amide bonds. The minimum absolute atomic E-state index is 0.283. The van der Waals surface area contributed by atoms with Crippen molar-refractivity contribution in [2.45, 2.75) is 64.5 Å². The second kappa shape index (κ2) is 7.52. The third-order valence-corrected chi connectivity index (χ3v) is 6.16. The Labute approximate surface area is 142 Å². The molecule has 0 radical (unpaired) electrons. The molecule has 0 bridgehead atoms. The SMILES string of the molecule is CC(C)CN1CCC(C(=O)N2CCC[C@@H]2[C@@H]2CCCN2C)CC1. The van der Waals surface area contributed by atoms with Gasteiger partial charge in [0.05, 0.1) is 0 Å². The molecule has 23 heavy (non-hydrogen) atoms. The lowest BCUT2D eigenvalue weighted by Crippen LogP contribution is -2.50. The van der Waals surface area contributed by atoms with Crippen LogP contribution in [0.15, 0.2) is 0 Å². The maximum absolute atomic E-state index is 13.1. The zero-order valence-electron chi connectivity index (χ0n) is 15.3. The zero-order chi connectivity index (χ0) is 16.4. The number of nitrogens with zero attached hydrogens (tertiary/aromatic N) is 3. The lowest BCUT2D eigenvalue weighted by atomic mass is 9.93. The Morgan fingerprint density at radius 2 is 1.61 bits per heavy atom. The van der Waals surface area contributed by atoms with Crippen molar-refractivity contribution in [3.63, 3.8) is 0 Å². The first-order valence-corrected chi connectivity index (χ1v) is 9.79. The molecule has 3 aliphatic rings. The van der Waals surface area contributed by atoms with Crippen molar-refractivity contribution in [2.24, 2.45) is 11.8 Å². The molecular formula is C19H35N3O. The number of likely N-dealkylation sites (tertiary alicyclic amines) is 3. The van der Waals surface area contributed by atoms with Crippen molar-refractivity contribution < 1.29 is 4.79 Å². The summed E-state index contributed by atoms with van der Waals surface area (Å²) < 4.78 is 0. The van der Waals surface area contributed by atoms with Gasteiger partial charge in [0, 0.05) is 31.1 Å². The summed E-state index contributed by atoms with van der Waals surface area (Å²) in [7, 11) is 2.24. The van der Waals surface area contributed by atoms with E-state index < -0.39 is 0 Å². The molecular weight excluding hydrogens is 286 g/mol. The number of carbonyl (C=O) groups is 1. The molecule has 0 aliphatic carbocycles. The van der Waals surface area contributed by atoms with E-state index in [0.29, 0.717) is 18.0 Å². The minimum Gasteiger partial charge on any atom is -0.338 e. The lowest BCUT2D eigenvalue weighted by molar-refractivity contribution is -0.139. The Morgan fingerprint density at radius 3 is 2.22 bits per heavy atom. The van der Waals surface area contributed by atoms with Gasteiger partial charge >= 0.3 is 0 Å². The normalized spacial score (nSPS) is 31.4. The molecule has 3 saturated heterocycles. The van der Waals surface area contributed by atoms with Crippen molar-refractivity contribution in [2.75, 3.05) is 39.8 Å². The third-order valence-electron chi connectivity index (χ3n) is 6.16. The van der Waals surface area contributed by atoms with E-state index in [4.69, 9.17) is 0 Å². The highest BCUT2D eigenvalue weighted by Crippen LogP contribution is 2.31. The summed E-state index contributed by atoms with van der Waals surface area (Å²) >= 11 is 0. The highest BCUT2D eigenvalue weighted by molar-refractivity contribution is 5.79. The van der Waals surface area contributed by atoms with Gasteiger partial charge in [-0.25, -0.2) is 0 Å². The van der Waals surface area contributed by atoms with E-state index in [-0.39, 0.29) is 5.92 Å². The van der Waals surface area contributed by atoms with Crippen LogP contribution in [0.5, 0.6) is 0 Å². The summed E-state index contributed by atoms with van der Waals surface area (Å²) in [6.07, 6.45) is 7.12. The van der Waals surface area contributed by atoms with Crippen LogP contribution in [0.3, 0.4) is 0 Å². The second-order valence-corrected chi connectivity index (χ2v) is 8.40. The van der Waals surface area contributed by atoms with Gasteiger partial charge in [-0.05, 0) is 71.1 Å². The third kappa shape index (κ3) is 3.90. The zero-order valence-corrected chi connectivity index (χ0v) is 15.3. The number of likely N-dealkylation sites (N-methyl/N-ethyl adjacent to an activating group) is 1. The predicted molar refractivity (Wildman–Crippen MR) is 94.4 cm³/mol. The molecule has 132 valence electrons. The maximum atomic E-state index is 13.1. The average Bonchev–Trinajstić information content (AvgIpc) is 3.15. The maximum Gasteiger partial charge on any atom is 0.226 e. The van der Waals surface area contributed by atoms with Crippen molar-refractivity contribution in [1.82, 2.24) is 14.7 Å². The fraction of sp³-hybridized carbons (Fsp3) is 0.947. The molecule has 0 unspecified atom stereocenters. The summed E-state index contributed by atoms with van der Waals surface area (Å²) in [6.45, 7) is 10.2. The lowest BCUT2D eigenvalue weighted by Gasteiger charge is -2.38. The molecule has 3 heterocycles. The first-order chi connectivity index (χ1) is 11.1. The first kappa shape index (κ1) is 17.2. The Morgan fingerprint density at radius 1 is 0.957 bits per heavy atom. The molecule has 0 N–H and O–H groups in total. The molecule has 4 heteroatoms. The standard InChI is InChI=1S/C19H35N3O/c1-15(2)14-21-12-8-16(9-13-21)19(23)22-11-5-7-18(22)17-6-4-10-20(17)3/h15-18H,4-14H2,1-3H3/t17-,18+/m0/s1. The number of hydrogen-bond donors (Lipinski definition) is 0. The number of carbonyl (C=O) groups excluding carboxylic acids is 1. The monoisotopic (exact) mass is 321 g/mol. The largest absolute Gasteiger partial charge is 0.338 e. The van der Waals surface area contributed by atoms with Crippen molar-refractivity contribution in [3.05, 3.63) is 0 Å². The highest BCUT2D eigenvalue weighted by Gasteiger charge is 2.40. The molecule has 2 atom stereocenters. The summed E-state index contributed by atoms with van der Waals surface area (Å²) in [5.41, 5.74) is 0. The van der Waals surface area contributed by atoms with E-state index in [2.05, 4.69) is 35.6 Å². The molecule has 3 aliphatic heterocycles. The van der Waals surface area contributed by atoms with Gasteiger partial charge in [0.25, 0.3) is 0 Å². The van der Waals surface area contributed by atoms with Crippen LogP contribution >= 0.6 is 0 Å². The van der Waals surface area contributed by atoms with Crippen LogP contribution in [0.4, 0.5) is 0 Å². The van der Waals surface area contributed by atoms with Crippen molar-refractivity contribution >= 4 is 5.91 Å². The number of rotatable bonds is 4. The van der Waals surface area contributed by atoms with Crippen LogP contribution in [0.2, 0.25) is 0 Å². The van der Waals surface area contributed by atoms with E-state index in [1.165, 1.54) is 38.8 Å². The van der Waals surface area contributed by atoms with Gasteiger partial charge in [0.15, 0.2) is 0 Å². The average molecular weight is 322 g/mol. The van der Waals surface area contributed by atoms with E-state index >= 15 is 0 Å². The molecule has 4 nitrogen and oxygen atoms in total. The summed E-state index contributed by atoms with van der Waals surface area (Å²) in [4.78, 5) is 20.4. The molecule has 0 spiro atoms. The van der Waals surface area contributed by atoms with Crippen molar-refractivity contribution in [1.29, 1.82) is 0 Å². The van der Waals surface area contributed by atoms with Gasteiger partial charge in [-0.2, -0.15) is 0 Å². The van der Waals surface area contributed by atoms with E-state index in [1.807, 2.05) is 0 Å². The molecule has 3 rings (SSSR count). The van der Waals surface area contributed by atoms with E-state index in [0.717, 1.165) is 38.4 Å². The smallest absolute Gasteiger partial charge is 0.226 e. The molecule has 0 saturated carbocycles. The Kier molecular flexibility index (Phi) is 5.63. The molecule has 0 aromatic carbocycles. The highest BCUT2D eigenvalue weighted by atomic mass is 16.2. The van der Waals surface area contributed by atoms with Crippen LogP contribution in [-0.2, 0) is 4.79 Å². The van der Waals surface area contributed by atoms with E-state index in [1.54, 1.807) is 0 Å². The summed E-state index contributed by atoms with van der Waals surface area (Å²) in [5.74, 6) is 1.48. The van der Waals surface area contributed by atoms with Crippen molar-refractivity contribution in [3.8, 4) is 0 Å². The molecule has 3 fully saturated rings. The van der Waals surface area contributed by atoms with Crippen LogP contribution in [0.25, 0.3) is 0 Å². The fourth-order valence-corrected chi connectivity index (χ4v) is 5.00. The Bertz CT molecular complexity index is 403. The quantitative estimate of drug-likeness (QED) is 0.796. The number of hydrogen-bond acceptors (Lipinski definition) is 3. The topological polar surface area (TPSA) is 26.8 Å². The Balaban J connectivity index is 1.55. The number of piperidine rings is 1. The van der Waals surface area contributed by atoms with Crippen LogP contribution in [0.1, 0.15) is 52.4 Å². The van der Waals surface area contributed by atoms with Gasteiger partial charge in [-0.15, -0.1) is 0 Å². The second-order valence-electron chi connectivity index (χ2n) is 8.40. The predicted octanol–water partition coefficient (Wildman–Crippen LogP) is 2.44. The van der Waals surface area contributed by atoms with Gasteiger partial charge in [-0.1, -0.05) is 13.8 Å². The fourth-order valence-electron chi connectivity index (χ4n) is 5.00. The molecule has 0 aromatic rings. The van der Waals surface area contributed by atoms with Gasteiger partial charge in [0.2, 0.25) is 5.91 Å². The van der Waals surface area contributed by atoms with Crippen LogP contribution in [0, 0.1) is 11.8 Å². The summed E-state index contributed by atoms with van der Waals surface area (Å²) in [6, 6.07) is 1.10. The molecule has 0 aromatic heterocycles. The van der Waals surface area contributed by atoms with Crippen LogP contribution < -0.4 is 0 Å². The van der Waals surface area contributed by atoms with Gasteiger partial charge < -0.3 is 14.7 Å². The van der Waals surface area contributed by atoms with Crippen LogP contribution in [-0.4, -0.2) is 72.5 Å².